The summed E-state index contributed by atoms with van der Waals surface area (Å²) in [5, 5.41) is 0. The van der Waals surface area contributed by atoms with Crippen LogP contribution in [-0.4, -0.2) is 49.7 Å². The molecule has 0 saturated carbocycles. The minimum absolute atomic E-state index is 0.146. The van der Waals surface area contributed by atoms with E-state index in [9.17, 15) is 9.59 Å². The Labute approximate surface area is 155 Å². The summed E-state index contributed by atoms with van der Waals surface area (Å²) in [6, 6.07) is 4.89. The lowest BCUT2D eigenvalue weighted by Crippen LogP contribution is -2.44. The lowest BCUT2D eigenvalue weighted by Gasteiger charge is -2.34. The van der Waals surface area contributed by atoms with E-state index in [1.807, 2.05) is 13.8 Å². The maximum atomic E-state index is 12.3. The van der Waals surface area contributed by atoms with Crippen LogP contribution in [0.3, 0.4) is 0 Å². The number of hydrogen-bond donors (Lipinski definition) is 0. The van der Waals surface area contributed by atoms with E-state index >= 15 is 0 Å². The number of benzene rings is 1. The largest absolute Gasteiger partial charge is 0.490 e. The first-order chi connectivity index (χ1) is 12.4. The van der Waals surface area contributed by atoms with Gasteiger partial charge in [-0.2, -0.15) is 0 Å². The van der Waals surface area contributed by atoms with Gasteiger partial charge in [0, 0.05) is 13.1 Å². The van der Waals surface area contributed by atoms with Crippen molar-refractivity contribution in [1.29, 1.82) is 0 Å². The zero-order chi connectivity index (χ0) is 19.1. The molecule has 1 aromatic carbocycles. The number of rotatable bonds is 7. The van der Waals surface area contributed by atoms with Crippen molar-refractivity contribution in [2.24, 2.45) is 11.8 Å². The Kier molecular flexibility index (Phi) is 7.30. The van der Waals surface area contributed by atoms with Gasteiger partial charge in [0.1, 0.15) is 0 Å². The molecule has 0 aromatic heterocycles. The number of amides is 1. The maximum Gasteiger partial charge on any atom is 0.338 e. The molecular weight excluding hydrogens is 334 g/mol. The van der Waals surface area contributed by atoms with E-state index in [1.165, 1.54) is 0 Å². The van der Waals surface area contributed by atoms with Crippen LogP contribution in [0.25, 0.3) is 0 Å². The summed E-state index contributed by atoms with van der Waals surface area (Å²) in [6.07, 6.45) is 1.12. The van der Waals surface area contributed by atoms with Gasteiger partial charge in [0.2, 0.25) is 0 Å². The van der Waals surface area contributed by atoms with E-state index in [0.29, 0.717) is 42.1 Å². The quantitative estimate of drug-likeness (QED) is 0.696. The molecule has 1 aromatic rings. The third-order valence-corrected chi connectivity index (χ3v) is 4.33. The van der Waals surface area contributed by atoms with Crippen LogP contribution < -0.4 is 9.47 Å². The van der Waals surface area contributed by atoms with Crippen LogP contribution in [0.15, 0.2) is 18.2 Å². The smallest absolute Gasteiger partial charge is 0.338 e. The van der Waals surface area contributed by atoms with Crippen LogP contribution in [0.2, 0.25) is 0 Å². The van der Waals surface area contributed by atoms with Crippen LogP contribution in [0, 0.1) is 11.8 Å². The Morgan fingerprint density at radius 3 is 2.27 bits per heavy atom. The summed E-state index contributed by atoms with van der Waals surface area (Å²) < 4.78 is 16.2. The predicted octanol–water partition coefficient (Wildman–Crippen LogP) is 3.15. The Balaban J connectivity index is 1.96. The van der Waals surface area contributed by atoms with Gasteiger partial charge in [-0.15, -0.1) is 0 Å². The number of hydrogen-bond acceptors (Lipinski definition) is 5. The summed E-state index contributed by atoms with van der Waals surface area (Å²) >= 11 is 0. The summed E-state index contributed by atoms with van der Waals surface area (Å²) in [5.41, 5.74) is 0.338. The van der Waals surface area contributed by atoms with Gasteiger partial charge in [-0.05, 0) is 50.3 Å². The third-order valence-electron chi connectivity index (χ3n) is 4.33. The number of likely N-dealkylation sites (tertiary alicyclic amines) is 1. The predicted molar refractivity (Wildman–Crippen MR) is 98.6 cm³/mol. The van der Waals surface area contributed by atoms with Crippen molar-refractivity contribution >= 4 is 11.9 Å². The average molecular weight is 363 g/mol. The Hall–Kier alpha value is -2.24. The van der Waals surface area contributed by atoms with Crippen LogP contribution in [0.5, 0.6) is 11.5 Å². The standard InChI is InChI=1S/C20H29NO5/c1-5-24-17-8-7-16(10-18(17)25-6-2)20(23)26-13-19(22)21-11-14(3)9-15(4)12-21/h7-8,10,14-15H,5-6,9,11-13H2,1-4H3. The second-order valence-electron chi connectivity index (χ2n) is 6.85. The van der Waals surface area contributed by atoms with Crippen molar-refractivity contribution in [2.75, 3.05) is 32.9 Å². The van der Waals surface area contributed by atoms with E-state index in [2.05, 4.69) is 13.8 Å². The molecule has 2 unspecified atom stereocenters. The molecule has 0 aliphatic carbocycles. The number of carbonyl (C=O) groups is 2. The minimum atomic E-state index is -0.541. The first-order valence-corrected chi connectivity index (χ1v) is 9.29. The highest BCUT2D eigenvalue weighted by atomic mass is 16.5. The van der Waals surface area contributed by atoms with Gasteiger partial charge in [0.05, 0.1) is 18.8 Å². The summed E-state index contributed by atoms with van der Waals surface area (Å²) in [7, 11) is 0. The molecule has 2 rings (SSSR count). The summed E-state index contributed by atoms with van der Waals surface area (Å²) in [4.78, 5) is 26.4. The molecule has 1 saturated heterocycles. The van der Waals surface area contributed by atoms with E-state index < -0.39 is 5.97 Å². The van der Waals surface area contributed by atoms with Crippen molar-refractivity contribution < 1.29 is 23.8 Å². The topological polar surface area (TPSA) is 65.1 Å². The van der Waals surface area contributed by atoms with Gasteiger partial charge in [-0.3, -0.25) is 4.79 Å². The number of carbonyl (C=O) groups excluding carboxylic acids is 2. The first kappa shape index (κ1) is 20.1. The van der Waals surface area contributed by atoms with Gasteiger partial charge in [0.15, 0.2) is 18.1 Å². The molecule has 1 fully saturated rings. The SMILES string of the molecule is CCOc1ccc(C(=O)OCC(=O)N2CC(C)CC(C)C2)cc1OCC. The molecule has 26 heavy (non-hydrogen) atoms. The van der Waals surface area contributed by atoms with Crippen LogP contribution in [0.1, 0.15) is 44.5 Å². The summed E-state index contributed by atoms with van der Waals surface area (Å²) in [6.45, 7) is 10.2. The molecule has 0 N–H and O–H groups in total. The fourth-order valence-corrected chi connectivity index (χ4v) is 3.35. The molecule has 0 radical (unpaired) electrons. The van der Waals surface area contributed by atoms with Crippen LogP contribution >= 0.6 is 0 Å². The number of piperidine rings is 1. The van der Waals surface area contributed by atoms with Crippen molar-refractivity contribution in [1.82, 2.24) is 4.90 Å². The second kappa shape index (κ2) is 9.46. The van der Waals surface area contributed by atoms with Crippen molar-refractivity contribution in [3.8, 4) is 11.5 Å². The molecule has 0 spiro atoms. The zero-order valence-electron chi connectivity index (χ0n) is 16.1. The number of esters is 1. The first-order valence-electron chi connectivity index (χ1n) is 9.29. The van der Waals surface area contributed by atoms with Gasteiger partial charge in [-0.1, -0.05) is 13.8 Å². The van der Waals surface area contributed by atoms with E-state index in [4.69, 9.17) is 14.2 Å². The molecule has 1 aliphatic rings. The molecule has 1 amide bonds. The monoisotopic (exact) mass is 363 g/mol. The Morgan fingerprint density at radius 2 is 1.65 bits per heavy atom. The van der Waals surface area contributed by atoms with Gasteiger partial charge in [-0.25, -0.2) is 4.79 Å². The van der Waals surface area contributed by atoms with Crippen molar-refractivity contribution in [3.05, 3.63) is 23.8 Å². The van der Waals surface area contributed by atoms with Gasteiger partial charge < -0.3 is 19.1 Å². The molecule has 144 valence electrons. The van der Waals surface area contributed by atoms with Gasteiger partial charge >= 0.3 is 5.97 Å². The zero-order valence-corrected chi connectivity index (χ0v) is 16.1. The number of nitrogens with zero attached hydrogens (tertiary/aromatic N) is 1. The molecule has 6 heteroatoms. The lowest BCUT2D eigenvalue weighted by molar-refractivity contribution is -0.137. The Morgan fingerprint density at radius 1 is 1.04 bits per heavy atom. The van der Waals surface area contributed by atoms with Crippen molar-refractivity contribution in [2.45, 2.75) is 34.1 Å². The van der Waals surface area contributed by atoms with Gasteiger partial charge in [0.25, 0.3) is 5.91 Å². The fraction of sp³-hybridized carbons (Fsp3) is 0.600. The normalized spacial score (nSPS) is 19.8. The molecule has 2 atom stereocenters. The molecule has 1 heterocycles. The van der Waals surface area contributed by atoms with E-state index in [0.717, 1.165) is 19.5 Å². The third kappa shape index (κ3) is 5.38. The average Bonchev–Trinajstić information content (AvgIpc) is 2.60. The molecule has 0 bridgehead atoms. The fourth-order valence-electron chi connectivity index (χ4n) is 3.35. The van der Waals surface area contributed by atoms with Crippen molar-refractivity contribution in [3.63, 3.8) is 0 Å². The molecular formula is C20H29NO5. The Bertz CT molecular complexity index is 621. The van der Waals surface area contributed by atoms with Crippen LogP contribution in [-0.2, 0) is 9.53 Å². The second-order valence-corrected chi connectivity index (χ2v) is 6.85. The highest BCUT2D eigenvalue weighted by Crippen LogP contribution is 2.29. The minimum Gasteiger partial charge on any atom is -0.490 e. The van der Waals surface area contributed by atoms with E-state index in [1.54, 1.807) is 23.1 Å². The maximum absolute atomic E-state index is 12.3. The highest BCUT2D eigenvalue weighted by molar-refractivity contribution is 5.92. The van der Waals surface area contributed by atoms with E-state index in [-0.39, 0.29) is 12.5 Å². The highest BCUT2D eigenvalue weighted by Gasteiger charge is 2.26. The summed E-state index contributed by atoms with van der Waals surface area (Å²) in [5.74, 6) is 1.33. The molecule has 6 nitrogen and oxygen atoms in total. The lowest BCUT2D eigenvalue weighted by atomic mass is 9.92. The number of ether oxygens (including phenoxy) is 3. The molecule has 1 aliphatic heterocycles. The van der Waals surface area contributed by atoms with Crippen LogP contribution in [0.4, 0.5) is 0 Å².